The van der Waals surface area contributed by atoms with Gasteiger partial charge in [-0.3, -0.25) is 4.79 Å². The van der Waals surface area contributed by atoms with Crippen molar-refractivity contribution in [1.29, 1.82) is 0 Å². The SMILES string of the molecule is CC(Oc1ccc(Br)cc1)C(=O)N1CCc2[nH]c3ccccc3c2C1. The highest BCUT2D eigenvalue weighted by Gasteiger charge is 2.27. The Bertz CT molecular complexity index is 917. The summed E-state index contributed by atoms with van der Waals surface area (Å²) in [5.74, 6) is 0.729. The van der Waals surface area contributed by atoms with Crippen molar-refractivity contribution in [3.63, 3.8) is 0 Å². The molecular weight excluding hydrogens is 380 g/mol. The van der Waals surface area contributed by atoms with Gasteiger partial charge in [0.2, 0.25) is 0 Å². The standard InChI is InChI=1S/C20H19BrN2O2/c1-13(25-15-8-6-14(21)7-9-15)20(24)23-11-10-19-17(12-23)16-4-2-3-5-18(16)22-19/h2-9,13,22H,10-12H2,1H3. The van der Waals surface area contributed by atoms with Crippen molar-refractivity contribution in [3.8, 4) is 5.75 Å². The van der Waals surface area contributed by atoms with Crippen LogP contribution in [0, 0.1) is 0 Å². The van der Waals surface area contributed by atoms with E-state index in [0.29, 0.717) is 18.8 Å². The summed E-state index contributed by atoms with van der Waals surface area (Å²) in [5.41, 5.74) is 3.61. The molecule has 5 heteroatoms. The molecule has 0 bridgehead atoms. The Morgan fingerprint density at radius 2 is 1.96 bits per heavy atom. The Morgan fingerprint density at radius 3 is 2.76 bits per heavy atom. The molecule has 25 heavy (non-hydrogen) atoms. The van der Waals surface area contributed by atoms with E-state index in [0.717, 1.165) is 16.4 Å². The van der Waals surface area contributed by atoms with Crippen molar-refractivity contribution in [3.05, 3.63) is 64.3 Å². The van der Waals surface area contributed by atoms with Crippen LogP contribution >= 0.6 is 15.9 Å². The zero-order chi connectivity index (χ0) is 17.4. The summed E-state index contributed by atoms with van der Waals surface area (Å²) in [6.07, 6.45) is 0.341. The van der Waals surface area contributed by atoms with E-state index in [4.69, 9.17) is 4.74 Å². The van der Waals surface area contributed by atoms with Gasteiger partial charge in [-0.05, 0) is 37.3 Å². The van der Waals surface area contributed by atoms with Gasteiger partial charge < -0.3 is 14.6 Å². The van der Waals surface area contributed by atoms with Gasteiger partial charge in [0.1, 0.15) is 5.75 Å². The number of amides is 1. The fourth-order valence-corrected chi connectivity index (χ4v) is 3.64. The average Bonchev–Trinajstić information content (AvgIpc) is 3.01. The lowest BCUT2D eigenvalue weighted by atomic mass is 10.0. The van der Waals surface area contributed by atoms with Gasteiger partial charge in [0.25, 0.3) is 5.91 Å². The Kier molecular flexibility index (Phi) is 4.25. The number of H-pyrrole nitrogens is 1. The van der Waals surface area contributed by atoms with Crippen molar-refractivity contribution in [2.45, 2.75) is 26.0 Å². The molecule has 1 aliphatic heterocycles. The molecule has 1 aliphatic rings. The number of carbonyl (C=O) groups is 1. The fourth-order valence-electron chi connectivity index (χ4n) is 3.38. The quantitative estimate of drug-likeness (QED) is 0.715. The molecule has 1 amide bonds. The molecule has 2 aromatic carbocycles. The first-order valence-electron chi connectivity index (χ1n) is 8.41. The van der Waals surface area contributed by atoms with Gasteiger partial charge in [-0.15, -0.1) is 0 Å². The molecule has 2 heterocycles. The molecule has 4 rings (SSSR count). The zero-order valence-electron chi connectivity index (χ0n) is 14.0. The second-order valence-electron chi connectivity index (χ2n) is 6.35. The second kappa shape index (κ2) is 6.56. The maximum absolute atomic E-state index is 12.8. The molecule has 0 saturated carbocycles. The van der Waals surface area contributed by atoms with Gasteiger partial charge in [-0.25, -0.2) is 0 Å². The number of hydrogen-bond donors (Lipinski definition) is 1. The predicted octanol–water partition coefficient (Wildman–Crippen LogP) is 4.28. The van der Waals surface area contributed by atoms with Gasteiger partial charge in [-0.1, -0.05) is 34.1 Å². The molecule has 128 valence electrons. The maximum atomic E-state index is 12.8. The van der Waals surface area contributed by atoms with Gasteiger partial charge in [0.15, 0.2) is 6.10 Å². The minimum Gasteiger partial charge on any atom is -0.481 e. The normalized spacial score (nSPS) is 15.0. The minimum absolute atomic E-state index is 0.0267. The molecule has 3 aromatic rings. The number of aromatic amines is 1. The molecule has 1 aromatic heterocycles. The number of nitrogens with zero attached hydrogens (tertiary/aromatic N) is 1. The summed E-state index contributed by atoms with van der Waals surface area (Å²) >= 11 is 3.40. The molecular formula is C20H19BrN2O2. The maximum Gasteiger partial charge on any atom is 0.263 e. The first-order chi connectivity index (χ1) is 12.1. The topological polar surface area (TPSA) is 45.3 Å². The molecule has 0 saturated heterocycles. The molecule has 1 unspecified atom stereocenters. The number of para-hydroxylation sites is 1. The highest BCUT2D eigenvalue weighted by atomic mass is 79.9. The van der Waals surface area contributed by atoms with E-state index in [1.165, 1.54) is 16.6 Å². The second-order valence-corrected chi connectivity index (χ2v) is 7.27. The van der Waals surface area contributed by atoms with E-state index in [-0.39, 0.29) is 5.91 Å². The van der Waals surface area contributed by atoms with E-state index in [9.17, 15) is 4.79 Å². The van der Waals surface area contributed by atoms with E-state index in [1.807, 2.05) is 48.2 Å². The van der Waals surface area contributed by atoms with Crippen molar-refractivity contribution < 1.29 is 9.53 Å². The molecule has 1 N–H and O–H groups in total. The van der Waals surface area contributed by atoms with Crippen molar-refractivity contribution in [1.82, 2.24) is 9.88 Å². The first kappa shape index (κ1) is 16.2. The Balaban J connectivity index is 1.50. The Labute approximate surface area is 154 Å². The third kappa shape index (κ3) is 3.16. The Morgan fingerprint density at radius 1 is 1.20 bits per heavy atom. The predicted molar refractivity (Wildman–Crippen MR) is 102 cm³/mol. The van der Waals surface area contributed by atoms with Crippen molar-refractivity contribution >= 4 is 32.7 Å². The van der Waals surface area contributed by atoms with Crippen molar-refractivity contribution in [2.75, 3.05) is 6.54 Å². The van der Waals surface area contributed by atoms with Crippen LogP contribution < -0.4 is 4.74 Å². The smallest absolute Gasteiger partial charge is 0.263 e. The van der Waals surface area contributed by atoms with Crippen molar-refractivity contribution in [2.24, 2.45) is 0 Å². The number of carbonyl (C=O) groups excluding carboxylic acids is 1. The van der Waals surface area contributed by atoms with Crippen LogP contribution in [0.1, 0.15) is 18.2 Å². The van der Waals surface area contributed by atoms with E-state index in [1.54, 1.807) is 0 Å². The molecule has 4 nitrogen and oxygen atoms in total. The van der Waals surface area contributed by atoms with Crippen LogP contribution in [0.3, 0.4) is 0 Å². The lowest BCUT2D eigenvalue weighted by Crippen LogP contribution is -2.43. The number of halogens is 1. The number of rotatable bonds is 3. The van der Waals surface area contributed by atoms with Crippen LogP contribution in [0.4, 0.5) is 0 Å². The van der Waals surface area contributed by atoms with Gasteiger partial charge in [0.05, 0.1) is 0 Å². The summed E-state index contributed by atoms with van der Waals surface area (Å²) in [7, 11) is 0. The van der Waals surface area contributed by atoms with Crippen LogP contribution in [-0.4, -0.2) is 28.4 Å². The summed E-state index contributed by atoms with van der Waals surface area (Å²) in [5, 5.41) is 1.21. The highest BCUT2D eigenvalue weighted by Crippen LogP contribution is 2.28. The Hall–Kier alpha value is -2.27. The van der Waals surface area contributed by atoms with Gasteiger partial charge >= 0.3 is 0 Å². The van der Waals surface area contributed by atoms with Crippen LogP contribution in [0.2, 0.25) is 0 Å². The number of fused-ring (bicyclic) bond motifs is 3. The number of hydrogen-bond acceptors (Lipinski definition) is 2. The molecule has 0 fully saturated rings. The van der Waals surface area contributed by atoms with Crippen LogP contribution in [0.25, 0.3) is 10.9 Å². The molecule has 0 radical (unpaired) electrons. The monoisotopic (exact) mass is 398 g/mol. The lowest BCUT2D eigenvalue weighted by Gasteiger charge is -2.29. The summed E-state index contributed by atoms with van der Waals surface area (Å²) < 4.78 is 6.81. The largest absolute Gasteiger partial charge is 0.481 e. The number of nitrogens with one attached hydrogen (secondary N) is 1. The number of ether oxygens (including phenoxy) is 1. The molecule has 0 aliphatic carbocycles. The third-order valence-corrected chi connectivity index (χ3v) is 5.20. The first-order valence-corrected chi connectivity index (χ1v) is 9.20. The van der Waals surface area contributed by atoms with E-state index >= 15 is 0 Å². The minimum atomic E-state index is -0.507. The summed E-state index contributed by atoms with van der Waals surface area (Å²) in [6, 6.07) is 15.8. The fraction of sp³-hybridized carbons (Fsp3) is 0.250. The van der Waals surface area contributed by atoms with Gasteiger partial charge in [0, 0.05) is 46.1 Å². The molecule has 1 atom stereocenters. The summed E-state index contributed by atoms with van der Waals surface area (Å²) in [4.78, 5) is 18.2. The van der Waals surface area contributed by atoms with Crippen LogP contribution in [0.15, 0.2) is 53.0 Å². The van der Waals surface area contributed by atoms with E-state index < -0.39 is 6.10 Å². The number of benzene rings is 2. The highest BCUT2D eigenvalue weighted by molar-refractivity contribution is 9.10. The lowest BCUT2D eigenvalue weighted by molar-refractivity contribution is -0.138. The zero-order valence-corrected chi connectivity index (χ0v) is 15.5. The average molecular weight is 399 g/mol. The summed E-state index contributed by atoms with van der Waals surface area (Å²) in [6.45, 7) is 3.16. The van der Waals surface area contributed by atoms with Crippen LogP contribution in [0.5, 0.6) is 5.75 Å². The van der Waals surface area contributed by atoms with E-state index in [2.05, 4.69) is 33.0 Å². The molecule has 0 spiro atoms. The van der Waals surface area contributed by atoms with Gasteiger partial charge in [-0.2, -0.15) is 0 Å². The van der Waals surface area contributed by atoms with Crippen LogP contribution in [-0.2, 0) is 17.8 Å². The third-order valence-electron chi connectivity index (χ3n) is 4.67. The number of aromatic nitrogens is 1.